The van der Waals surface area contributed by atoms with Crippen molar-refractivity contribution < 1.29 is 4.74 Å². The van der Waals surface area contributed by atoms with Gasteiger partial charge in [0.1, 0.15) is 0 Å². The molecule has 1 fully saturated rings. The summed E-state index contributed by atoms with van der Waals surface area (Å²) in [5.41, 5.74) is 0. The number of guanidine groups is 1. The van der Waals surface area contributed by atoms with Crippen LogP contribution >= 0.6 is 0 Å². The number of nitrogens with zero attached hydrogens (tertiary/aromatic N) is 3. The van der Waals surface area contributed by atoms with E-state index in [1.165, 1.54) is 6.42 Å². The minimum Gasteiger partial charge on any atom is -0.379 e. The average molecular weight is 321 g/mol. The Hall–Kier alpha value is -1.53. The Morgan fingerprint density at radius 3 is 2.61 bits per heavy atom. The Bertz CT molecular complexity index is 426. The molecule has 0 aromatic carbocycles. The average Bonchev–Trinajstić information content (AvgIpc) is 3.09. The van der Waals surface area contributed by atoms with Gasteiger partial charge in [-0.15, -0.1) is 0 Å². The van der Waals surface area contributed by atoms with Crippen LogP contribution in [-0.2, 0) is 11.3 Å². The topological polar surface area (TPSA) is 53.8 Å². The number of ether oxygens (including phenoxy) is 1. The second kappa shape index (κ2) is 11.1. The summed E-state index contributed by atoms with van der Waals surface area (Å²) in [6.45, 7) is 10.8. The molecule has 0 unspecified atom stereocenters. The fraction of sp³-hybridized carbons (Fsp3) is 0.706. The van der Waals surface area contributed by atoms with Gasteiger partial charge in [0.2, 0.25) is 0 Å². The molecule has 1 aliphatic heterocycles. The lowest BCUT2D eigenvalue weighted by Crippen LogP contribution is -2.39. The maximum absolute atomic E-state index is 5.37. The quantitative estimate of drug-likeness (QED) is 0.407. The molecule has 1 saturated heterocycles. The van der Waals surface area contributed by atoms with Gasteiger partial charge in [-0.2, -0.15) is 0 Å². The van der Waals surface area contributed by atoms with Crippen molar-refractivity contribution in [1.29, 1.82) is 0 Å². The Balaban J connectivity index is 1.58. The highest BCUT2D eigenvalue weighted by Gasteiger charge is 2.08. The normalized spacial score (nSPS) is 16.5. The third-order valence-corrected chi connectivity index (χ3v) is 3.93. The number of nitrogens with one attached hydrogen (secondary N) is 2. The number of rotatable bonds is 9. The molecule has 0 radical (unpaired) electrons. The van der Waals surface area contributed by atoms with Crippen molar-refractivity contribution in [3.8, 4) is 0 Å². The minimum atomic E-state index is 0.878. The van der Waals surface area contributed by atoms with Crippen molar-refractivity contribution in [2.75, 3.05) is 52.5 Å². The molecule has 6 heteroatoms. The molecule has 1 aromatic rings. The second-order valence-electron chi connectivity index (χ2n) is 5.77. The highest BCUT2D eigenvalue weighted by molar-refractivity contribution is 5.79. The van der Waals surface area contributed by atoms with E-state index in [4.69, 9.17) is 4.74 Å². The van der Waals surface area contributed by atoms with E-state index in [1.54, 1.807) is 0 Å². The third-order valence-electron chi connectivity index (χ3n) is 3.93. The van der Waals surface area contributed by atoms with Crippen molar-refractivity contribution in [3.63, 3.8) is 0 Å². The van der Waals surface area contributed by atoms with Gasteiger partial charge in [-0.1, -0.05) is 0 Å². The van der Waals surface area contributed by atoms with E-state index in [-0.39, 0.29) is 0 Å². The van der Waals surface area contributed by atoms with Crippen LogP contribution in [0.5, 0.6) is 0 Å². The first kappa shape index (κ1) is 17.8. The molecule has 0 saturated carbocycles. The summed E-state index contributed by atoms with van der Waals surface area (Å²) in [6.07, 6.45) is 6.49. The first-order chi connectivity index (χ1) is 11.4. The summed E-state index contributed by atoms with van der Waals surface area (Å²) in [5.74, 6) is 0.922. The van der Waals surface area contributed by atoms with Crippen LogP contribution in [0.3, 0.4) is 0 Å². The van der Waals surface area contributed by atoms with Crippen molar-refractivity contribution in [2.24, 2.45) is 4.99 Å². The summed E-state index contributed by atoms with van der Waals surface area (Å²) < 4.78 is 7.53. The number of hydrogen-bond acceptors (Lipinski definition) is 3. The van der Waals surface area contributed by atoms with Crippen LogP contribution in [-0.4, -0.2) is 67.9 Å². The maximum Gasteiger partial charge on any atom is 0.191 e. The highest BCUT2D eigenvalue weighted by Crippen LogP contribution is 2.00. The number of aromatic nitrogens is 1. The molecule has 2 rings (SSSR count). The molecular formula is C17H31N5O. The zero-order valence-corrected chi connectivity index (χ0v) is 14.3. The van der Waals surface area contributed by atoms with Crippen molar-refractivity contribution in [3.05, 3.63) is 24.5 Å². The summed E-state index contributed by atoms with van der Waals surface area (Å²) >= 11 is 0. The molecule has 0 atom stereocenters. The molecule has 130 valence electrons. The molecule has 2 N–H and O–H groups in total. The Labute approximate surface area is 139 Å². The molecule has 0 spiro atoms. The van der Waals surface area contributed by atoms with E-state index in [2.05, 4.69) is 44.4 Å². The first-order valence-corrected chi connectivity index (χ1v) is 8.81. The molecule has 1 aromatic heterocycles. The van der Waals surface area contributed by atoms with Crippen LogP contribution in [0.25, 0.3) is 0 Å². The lowest BCUT2D eigenvalue weighted by atomic mass is 10.3. The lowest BCUT2D eigenvalue weighted by Gasteiger charge is -2.26. The standard InChI is InChI=1S/C17H31N5O/c1-2-18-17(20-8-12-21-10-5-6-11-21)19-7-3-4-9-22-13-15-23-16-14-22/h5-6,10-11H,2-4,7-9,12-16H2,1H3,(H2,18,19,20). The molecule has 23 heavy (non-hydrogen) atoms. The maximum atomic E-state index is 5.37. The van der Waals surface area contributed by atoms with Crippen LogP contribution in [0.1, 0.15) is 19.8 Å². The van der Waals surface area contributed by atoms with Crippen LogP contribution < -0.4 is 10.6 Å². The Morgan fingerprint density at radius 1 is 1.09 bits per heavy atom. The number of morpholine rings is 1. The molecule has 1 aliphatic rings. The van der Waals surface area contributed by atoms with Gasteiger partial charge in [0.05, 0.1) is 13.2 Å². The van der Waals surface area contributed by atoms with E-state index in [0.29, 0.717) is 0 Å². The predicted octanol–water partition coefficient (Wildman–Crippen LogP) is 1.16. The van der Waals surface area contributed by atoms with Gasteiger partial charge in [-0.3, -0.25) is 9.89 Å². The van der Waals surface area contributed by atoms with Crippen molar-refractivity contribution >= 4 is 5.96 Å². The summed E-state index contributed by atoms with van der Waals surface area (Å²) in [6, 6.07) is 4.10. The van der Waals surface area contributed by atoms with Crippen LogP contribution in [0, 0.1) is 0 Å². The van der Waals surface area contributed by atoms with Crippen molar-refractivity contribution in [2.45, 2.75) is 26.3 Å². The molecule has 0 bridgehead atoms. The number of hydrogen-bond donors (Lipinski definition) is 2. The summed E-state index contributed by atoms with van der Waals surface area (Å²) in [4.78, 5) is 7.14. The largest absolute Gasteiger partial charge is 0.379 e. The van der Waals surface area contributed by atoms with E-state index in [1.807, 2.05) is 12.1 Å². The summed E-state index contributed by atoms with van der Waals surface area (Å²) in [7, 11) is 0. The highest BCUT2D eigenvalue weighted by atomic mass is 16.5. The van der Waals surface area contributed by atoms with Gasteiger partial charge in [-0.25, -0.2) is 0 Å². The smallest absolute Gasteiger partial charge is 0.191 e. The van der Waals surface area contributed by atoms with Gasteiger partial charge in [0.15, 0.2) is 5.96 Å². The van der Waals surface area contributed by atoms with E-state index < -0.39 is 0 Å². The van der Waals surface area contributed by atoms with E-state index in [9.17, 15) is 0 Å². The molecule has 0 aliphatic carbocycles. The number of aliphatic imine (C=N–C) groups is 1. The molecule has 6 nitrogen and oxygen atoms in total. The minimum absolute atomic E-state index is 0.878. The molecule has 0 amide bonds. The zero-order chi connectivity index (χ0) is 16.2. The van der Waals surface area contributed by atoms with Gasteiger partial charge < -0.3 is 19.9 Å². The van der Waals surface area contributed by atoms with Gasteiger partial charge >= 0.3 is 0 Å². The summed E-state index contributed by atoms with van der Waals surface area (Å²) in [5, 5.41) is 6.70. The zero-order valence-electron chi connectivity index (χ0n) is 14.3. The predicted molar refractivity (Wildman–Crippen MR) is 94.9 cm³/mol. The van der Waals surface area contributed by atoms with Gasteiger partial charge in [0.25, 0.3) is 0 Å². The Morgan fingerprint density at radius 2 is 1.87 bits per heavy atom. The Kier molecular flexibility index (Phi) is 8.58. The van der Waals surface area contributed by atoms with E-state index >= 15 is 0 Å². The van der Waals surface area contributed by atoms with Crippen LogP contribution in [0.15, 0.2) is 29.5 Å². The second-order valence-corrected chi connectivity index (χ2v) is 5.77. The SMILES string of the molecule is CCNC(=NCCCCN1CCOCC1)NCCn1cccc1. The molecular weight excluding hydrogens is 290 g/mol. The fourth-order valence-electron chi connectivity index (χ4n) is 2.63. The van der Waals surface area contributed by atoms with Crippen LogP contribution in [0.4, 0.5) is 0 Å². The van der Waals surface area contributed by atoms with Crippen LogP contribution in [0.2, 0.25) is 0 Å². The first-order valence-electron chi connectivity index (χ1n) is 8.81. The molecule has 2 heterocycles. The van der Waals surface area contributed by atoms with Crippen molar-refractivity contribution in [1.82, 2.24) is 20.1 Å². The third kappa shape index (κ3) is 7.52. The van der Waals surface area contributed by atoms with Gasteiger partial charge in [0, 0.05) is 51.7 Å². The fourth-order valence-corrected chi connectivity index (χ4v) is 2.63. The lowest BCUT2D eigenvalue weighted by molar-refractivity contribution is 0.0373. The number of unbranched alkanes of at least 4 members (excludes halogenated alkanes) is 1. The van der Waals surface area contributed by atoms with E-state index in [0.717, 1.165) is 71.4 Å². The monoisotopic (exact) mass is 321 g/mol. The van der Waals surface area contributed by atoms with Gasteiger partial charge in [-0.05, 0) is 38.4 Å².